The van der Waals surface area contributed by atoms with Gasteiger partial charge in [0, 0.05) is 24.5 Å². The van der Waals surface area contributed by atoms with Crippen LogP contribution in [0.3, 0.4) is 0 Å². The van der Waals surface area contributed by atoms with E-state index in [9.17, 15) is 5.11 Å². The summed E-state index contributed by atoms with van der Waals surface area (Å²) in [7, 11) is 0. The lowest BCUT2D eigenvalue weighted by Crippen LogP contribution is -2.38. The van der Waals surface area contributed by atoms with Gasteiger partial charge < -0.3 is 15.7 Å². The van der Waals surface area contributed by atoms with Crippen molar-refractivity contribution in [2.75, 3.05) is 17.2 Å². The van der Waals surface area contributed by atoms with Crippen LogP contribution < -0.4 is 10.6 Å². The first-order chi connectivity index (χ1) is 9.63. The van der Waals surface area contributed by atoms with Gasteiger partial charge >= 0.3 is 0 Å². The molecule has 5 nitrogen and oxygen atoms in total. The molecule has 0 fully saturated rings. The van der Waals surface area contributed by atoms with Gasteiger partial charge in [-0.05, 0) is 25.0 Å². The summed E-state index contributed by atoms with van der Waals surface area (Å²) in [6.45, 7) is 3.26. The molecule has 2 unspecified atom stereocenters. The topological polar surface area (TPSA) is 67.3 Å². The lowest BCUT2D eigenvalue weighted by atomic mass is 10.1. The maximum atomic E-state index is 10.3. The highest BCUT2D eigenvalue weighted by Crippen LogP contribution is 2.31. The molecular weight excluding hydrogens is 252 g/mol. The van der Waals surface area contributed by atoms with Crippen molar-refractivity contribution in [3.05, 3.63) is 42.2 Å². The fourth-order valence-electron chi connectivity index (χ4n) is 2.89. The zero-order chi connectivity index (χ0) is 14.1. The number of aliphatic hydroxyl groups excluding tert-OH is 1. The van der Waals surface area contributed by atoms with E-state index in [2.05, 4.69) is 35.1 Å². The van der Waals surface area contributed by atoms with Crippen molar-refractivity contribution in [3.63, 3.8) is 0 Å². The largest absolute Gasteiger partial charge is 0.396 e. The van der Waals surface area contributed by atoms with Gasteiger partial charge in [-0.3, -0.25) is 4.68 Å². The number of β-amino-alcohol motifs (C(OH)–C–C–N with tert-alkyl or cyclic N) is 1. The van der Waals surface area contributed by atoms with Crippen LogP contribution in [-0.2, 0) is 13.0 Å². The predicted molar refractivity (Wildman–Crippen MR) is 79.6 cm³/mol. The van der Waals surface area contributed by atoms with Gasteiger partial charge in [0.25, 0.3) is 0 Å². The van der Waals surface area contributed by atoms with Crippen molar-refractivity contribution in [2.24, 2.45) is 0 Å². The zero-order valence-corrected chi connectivity index (χ0v) is 11.6. The van der Waals surface area contributed by atoms with E-state index in [0.29, 0.717) is 24.8 Å². The van der Waals surface area contributed by atoms with Gasteiger partial charge in [-0.25, -0.2) is 0 Å². The van der Waals surface area contributed by atoms with Crippen LogP contribution in [0.25, 0.3) is 0 Å². The number of nitrogens with two attached hydrogens (primary N) is 1. The molecular formula is C15H20N4O. The van der Waals surface area contributed by atoms with Crippen LogP contribution in [-0.4, -0.2) is 33.6 Å². The number of nitrogens with zero attached hydrogens (tertiary/aromatic N) is 3. The van der Waals surface area contributed by atoms with Crippen LogP contribution in [0.1, 0.15) is 12.5 Å². The van der Waals surface area contributed by atoms with E-state index in [1.54, 1.807) is 17.1 Å². The van der Waals surface area contributed by atoms with E-state index in [4.69, 9.17) is 5.73 Å². The van der Waals surface area contributed by atoms with Crippen LogP contribution in [0.5, 0.6) is 0 Å². The number of hydrogen-bond donors (Lipinski definition) is 2. The molecule has 1 aromatic heterocycles. The lowest BCUT2D eigenvalue weighted by Gasteiger charge is -2.27. The SMILES string of the molecule is CC1Cc2ccccc2N1CC(O)Cn1cc(N)cn1. The van der Waals surface area contributed by atoms with E-state index in [0.717, 1.165) is 6.42 Å². The molecule has 0 amide bonds. The molecule has 1 aliphatic rings. The average Bonchev–Trinajstić information content (AvgIpc) is 2.94. The highest BCUT2D eigenvalue weighted by molar-refractivity contribution is 5.59. The highest BCUT2D eigenvalue weighted by atomic mass is 16.3. The molecule has 0 spiro atoms. The van der Waals surface area contributed by atoms with Crippen molar-refractivity contribution in [1.82, 2.24) is 9.78 Å². The number of hydrogen-bond acceptors (Lipinski definition) is 4. The quantitative estimate of drug-likeness (QED) is 0.880. The molecule has 1 aromatic carbocycles. The molecule has 0 radical (unpaired) electrons. The third-order valence-electron chi connectivity index (χ3n) is 3.81. The maximum Gasteiger partial charge on any atom is 0.0910 e. The summed E-state index contributed by atoms with van der Waals surface area (Å²) in [5.41, 5.74) is 8.84. The van der Waals surface area contributed by atoms with Crippen LogP contribution >= 0.6 is 0 Å². The first-order valence-corrected chi connectivity index (χ1v) is 6.94. The first-order valence-electron chi connectivity index (χ1n) is 6.94. The molecule has 3 N–H and O–H groups in total. The molecule has 1 aliphatic heterocycles. The molecule has 20 heavy (non-hydrogen) atoms. The van der Waals surface area contributed by atoms with Crippen molar-refractivity contribution >= 4 is 11.4 Å². The second kappa shape index (κ2) is 5.17. The molecule has 0 saturated carbocycles. The third kappa shape index (κ3) is 2.49. The van der Waals surface area contributed by atoms with Gasteiger partial charge in [-0.15, -0.1) is 0 Å². The van der Waals surface area contributed by atoms with Crippen LogP contribution in [0.15, 0.2) is 36.7 Å². The van der Waals surface area contributed by atoms with Crippen molar-refractivity contribution in [2.45, 2.75) is 32.0 Å². The van der Waals surface area contributed by atoms with E-state index < -0.39 is 6.10 Å². The van der Waals surface area contributed by atoms with Crippen LogP contribution in [0.2, 0.25) is 0 Å². The smallest absolute Gasteiger partial charge is 0.0910 e. The van der Waals surface area contributed by atoms with Gasteiger partial charge in [0.2, 0.25) is 0 Å². The first kappa shape index (κ1) is 13.0. The summed E-state index contributed by atoms with van der Waals surface area (Å²) < 4.78 is 1.69. The van der Waals surface area contributed by atoms with E-state index in [1.165, 1.54) is 11.3 Å². The van der Waals surface area contributed by atoms with E-state index in [-0.39, 0.29) is 0 Å². The maximum absolute atomic E-state index is 10.3. The molecule has 2 aromatic rings. The van der Waals surface area contributed by atoms with Gasteiger partial charge in [-0.1, -0.05) is 18.2 Å². The summed E-state index contributed by atoms with van der Waals surface area (Å²) in [5, 5.41) is 14.4. The normalized spacial score (nSPS) is 19.1. The second-order valence-electron chi connectivity index (χ2n) is 5.48. The van der Waals surface area contributed by atoms with Crippen molar-refractivity contribution in [1.29, 1.82) is 0 Å². The Morgan fingerprint density at radius 2 is 2.20 bits per heavy atom. The van der Waals surface area contributed by atoms with E-state index >= 15 is 0 Å². The summed E-state index contributed by atoms with van der Waals surface area (Å²) in [6.07, 6.45) is 3.91. The number of aliphatic hydroxyl groups is 1. The van der Waals surface area contributed by atoms with Crippen molar-refractivity contribution in [3.8, 4) is 0 Å². The average molecular weight is 272 g/mol. The minimum atomic E-state index is -0.470. The predicted octanol–water partition coefficient (Wildman–Crippen LogP) is 1.28. The molecule has 0 bridgehead atoms. The Labute approximate surface area is 118 Å². The Kier molecular flexibility index (Phi) is 3.36. The third-order valence-corrected chi connectivity index (χ3v) is 3.81. The number of nitrogen functional groups attached to an aromatic ring is 1. The molecule has 2 heterocycles. The van der Waals surface area contributed by atoms with Gasteiger partial charge in [0.15, 0.2) is 0 Å². The molecule has 5 heteroatoms. The number of anilines is 2. The fourth-order valence-corrected chi connectivity index (χ4v) is 2.89. The Hall–Kier alpha value is -2.01. The molecule has 0 saturated heterocycles. The summed E-state index contributed by atoms with van der Waals surface area (Å²) in [5.74, 6) is 0. The number of fused-ring (bicyclic) bond motifs is 1. The monoisotopic (exact) mass is 272 g/mol. The number of rotatable bonds is 4. The van der Waals surface area contributed by atoms with Crippen LogP contribution in [0, 0.1) is 0 Å². The zero-order valence-electron chi connectivity index (χ0n) is 11.6. The Bertz CT molecular complexity index is 595. The summed E-state index contributed by atoms with van der Waals surface area (Å²) in [6, 6.07) is 8.82. The Morgan fingerprint density at radius 1 is 1.40 bits per heavy atom. The number of benzene rings is 1. The van der Waals surface area contributed by atoms with E-state index in [1.807, 2.05) is 6.07 Å². The Morgan fingerprint density at radius 3 is 2.95 bits per heavy atom. The molecule has 3 rings (SSSR count). The Balaban J connectivity index is 1.68. The number of aromatic nitrogens is 2. The summed E-state index contributed by atoms with van der Waals surface area (Å²) in [4.78, 5) is 2.27. The standard InChI is InChI=1S/C15H20N4O/c1-11-6-12-4-2-3-5-15(12)19(11)10-14(20)9-18-8-13(16)7-17-18/h2-5,7-8,11,14,20H,6,9-10,16H2,1H3. The summed E-state index contributed by atoms with van der Waals surface area (Å²) >= 11 is 0. The van der Waals surface area contributed by atoms with Gasteiger partial charge in [-0.2, -0.15) is 5.10 Å². The molecule has 2 atom stereocenters. The highest BCUT2D eigenvalue weighted by Gasteiger charge is 2.27. The molecule has 106 valence electrons. The van der Waals surface area contributed by atoms with Crippen molar-refractivity contribution < 1.29 is 5.11 Å². The molecule has 0 aliphatic carbocycles. The second-order valence-corrected chi connectivity index (χ2v) is 5.48. The minimum Gasteiger partial charge on any atom is -0.396 e. The lowest BCUT2D eigenvalue weighted by molar-refractivity contribution is 0.153. The minimum absolute atomic E-state index is 0.421. The van der Waals surface area contributed by atoms with Gasteiger partial charge in [0.1, 0.15) is 0 Å². The number of para-hydroxylation sites is 1. The van der Waals surface area contributed by atoms with Crippen LogP contribution in [0.4, 0.5) is 11.4 Å². The fraction of sp³-hybridized carbons (Fsp3) is 0.400. The van der Waals surface area contributed by atoms with Gasteiger partial charge in [0.05, 0.1) is 24.5 Å².